The average molecular weight is 1030 g/mol. The molecule has 5 N–H and O–H groups in total. The summed E-state index contributed by atoms with van der Waals surface area (Å²) in [4.78, 5) is 89.9. The van der Waals surface area contributed by atoms with Crippen molar-refractivity contribution in [2.75, 3.05) is 41.5 Å². The van der Waals surface area contributed by atoms with Gasteiger partial charge in [0.1, 0.15) is 24.0 Å². The van der Waals surface area contributed by atoms with Crippen LogP contribution >= 0.6 is 0 Å². The fourth-order valence-electron chi connectivity index (χ4n) is 12.1. The topological polar surface area (TPSA) is 235 Å². The van der Waals surface area contributed by atoms with Gasteiger partial charge in [-0.1, -0.05) is 63.6 Å². The van der Waals surface area contributed by atoms with E-state index in [1.54, 1.807) is 27.3 Å². The number of esters is 1. The number of aromatic nitrogens is 1. The van der Waals surface area contributed by atoms with Crippen molar-refractivity contribution in [3.63, 3.8) is 0 Å². The molecule has 0 radical (unpaired) electrons. The van der Waals surface area contributed by atoms with Crippen LogP contribution in [0.15, 0.2) is 53.8 Å². The maximum absolute atomic E-state index is 14.8. The first-order valence-electron chi connectivity index (χ1n) is 26.8. The van der Waals surface area contributed by atoms with Gasteiger partial charge in [0.05, 0.1) is 37.0 Å². The summed E-state index contributed by atoms with van der Waals surface area (Å²) in [6, 6.07) is 5.41. The number of hydrogen-bond donors (Lipinski definition) is 4. The molecule has 2 aromatic rings. The second-order valence-electron chi connectivity index (χ2n) is 21.9. The molecule has 1 aromatic heterocycles. The van der Waals surface area contributed by atoms with E-state index >= 15 is 0 Å². The summed E-state index contributed by atoms with van der Waals surface area (Å²) in [7, 11) is 6.28. The SMILES string of the molecule is CCC1C=C(C)CC(C)CC(OC)C2OC(O)(C(=O)C(=O)N3CCCCC3C(=O)OC(C(C)=CC3(NCC(=O)C(=O)[C@@H](N)Cc4c[nH]c5ccccc45)CCC(OC)C(OC)C3)C(C)CCC1=O)C(C)CC2OC. The fourth-order valence-corrected chi connectivity index (χ4v) is 12.1. The molecule has 13 unspecified atom stereocenters. The van der Waals surface area contributed by atoms with Gasteiger partial charge >= 0.3 is 5.97 Å². The van der Waals surface area contributed by atoms with Crippen LogP contribution in [0.3, 0.4) is 0 Å². The van der Waals surface area contributed by atoms with Crippen LogP contribution in [0.1, 0.15) is 124 Å². The van der Waals surface area contributed by atoms with E-state index in [1.165, 1.54) is 19.1 Å². The predicted octanol–water partition coefficient (Wildman–Crippen LogP) is 6.06. The fraction of sp³-hybridized carbons (Fsp3) is 0.684. The lowest BCUT2D eigenvalue weighted by Crippen LogP contribution is -2.64. The Kier molecular flexibility index (Phi) is 20.7. The van der Waals surface area contributed by atoms with Gasteiger partial charge in [-0.3, -0.25) is 24.0 Å². The maximum Gasteiger partial charge on any atom is 0.329 e. The van der Waals surface area contributed by atoms with E-state index in [1.807, 2.05) is 64.1 Å². The zero-order chi connectivity index (χ0) is 54.1. The molecule has 1 aliphatic carbocycles. The third kappa shape index (κ3) is 13.6. The minimum absolute atomic E-state index is 0.0327. The summed E-state index contributed by atoms with van der Waals surface area (Å²) in [5, 5.41) is 16.6. The molecule has 410 valence electrons. The average Bonchev–Trinajstić information content (AvgIpc) is 3.81. The predicted molar refractivity (Wildman–Crippen MR) is 279 cm³/mol. The van der Waals surface area contributed by atoms with E-state index < -0.39 is 95.0 Å². The number of nitrogens with one attached hydrogen (secondary N) is 2. The van der Waals surface area contributed by atoms with Crippen LogP contribution in [0, 0.1) is 23.7 Å². The number of hydrogen-bond acceptors (Lipinski definition) is 15. The van der Waals surface area contributed by atoms with Crippen LogP contribution in [0.5, 0.6) is 0 Å². The Balaban J connectivity index is 1.34. The zero-order valence-electron chi connectivity index (χ0n) is 45.4. The highest BCUT2D eigenvalue weighted by Crippen LogP contribution is 2.40. The summed E-state index contributed by atoms with van der Waals surface area (Å²) in [5.41, 5.74) is 8.81. The van der Waals surface area contributed by atoms with Crippen molar-refractivity contribution in [3.8, 4) is 0 Å². The monoisotopic (exact) mass is 1030 g/mol. The number of methoxy groups -OCH3 is 4. The molecule has 6 rings (SSSR count). The minimum atomic E-state index is -2.54. The molecule has 3 fully saturated rings. The smallest absolute Gasteiger partial charge is 0.329 e. The van der Waals surface area contributed by atoms with Gasteiger partial charge in [-0.2, -0.15) is 0 Å². The van der Waals surface area contributed by atoms with E-state index in [2.05, 4.69) is 17.2 Å². The lowest BCUT2D eigenvalue weighted by atomic mass is 9.76. The summed E-state index contributed by atoms with van der Waals surface area (Å²) >= 11 is 0. The molecule has 17 heteroatoms. The molecule has 1 aromatic carbocycles. The lowest BCUT2D eigenvalue weighted by Gasteiger charge is -2.47. The lowest BCUT2D eigenvalue weighted by molar-refractivity contribution is -0.302. The van der Waals surface area contributed by atoms with Crippen LogP contribution in [-0.2, 0) is 63.6 Å². The van der Waals surface area contributed by atoms with Gasteiger partial charge in [-0.05, 0) is 120 Å². The number of Topliss-reactive ketones (excluding diaryl/α,β-unsaturated/α-hetero) is 4. The molecule has 14 atom stereocenters. The zero-order valence-corrected chi connectivity index (χ0v) is 45.4. The Morgan fingerprint density at radius 1 is 0.959 bits per heavy atom. The van der Waals surface area contributed by atoms with Crippen molar-refractivity contribution < 1.29 is 62.3 Å². The first-order chi connectivity index (χ1) is 35.2. The standard InChI is InChI=1S/C57H84N4O13/c1-11-38-25-33(2)24-34(3)26-47(70-8)52-48(71-9)27-37(6)57(68,74-52)53(65)54(66)61-23-15-14-18-43(61)55(67)73-51(35(4)19-20-44(38)62)36(5)29-56(22-21-46(69-7)49(30-56)72-10)60-32-45(63)50(64)41(58)28-39-31-59-42-17-13-12-16-40(39)42/h12-13,16-17,25,29,31,34-35,37-38,41,43,46-49,51-52,59-60,68H,11,14-15,18-24,26-28,30,32,58H2,1-10H3/t34?,35?,37?,38?,41-,43?,46?,47?,48?,49?,51?,52?,56?,57?/m0/s1. The third-order valence-electron chi connectivity index (χ3n) is 16.5. The van der Waals surface area contributed by atoms with Gasteiger partial charge in [-0.15, -0.1) is 0 Å². The molecule has 3 aliphatic heterocycles. The first-order valence-corrected chi connectivity index (χ1v) is 26.8. The Labute approximate surface area is 437 Å². The molecule has 4 heterocycles. The highest BCUT2D eigenvalue weighted by molar-refractivity contribution is 6.40. The summed E-state index contributed by atoms with van der Waals surface area (Å²) < 4.78 is 36.5. The molecule has 4 aliphatic rings. The first kappa shape index (κ1) is 58.8. The van der Waals surface area contributed by atoms with E-state index in [4.69, 9.17) is 34.2 Å². The van der Waals surface area contributed by atoms with Crippen molar-refractivity contribution >= 4 is 45.9 Å². The highest BCUT2D eigenvalue weighted by Gasteiger charge is 2.57. The number of amides is 1. The number of H-pyrrole nitrogens is 1. The molecular formula is C57H84N4O13. The number of ketones is 4. The molecule has 74 heavy (non-hydrogen) atoms. The Bertz CT molecular complexity index is 2360. The number of aliphatic hydroxyl groups is 1. The number of allylic oxidation sites excluding steroid dienone is 2. The van der Waals surface area contributed by atoms with Crippen molar-refractivity contribution in [2.24, 2.45) is 29.4 Å². The molecule has 0 spiro atoms. The Morgan fingerprint density at radius 2 is 1.65 bits per heavy atom. The summed E-state index contributed by atoms with van der Waals surface area (Å²) in [6.45, 7) is 11.2. The van der Waals surface area contributed by atoms with Crippen molar-refractivity contribution in [2.45, 2.75) is 185 Å². The molecule has 2 saturated heterocycles. The largest absolute Gasteiger partial charge is 0.456 e. The van der Waals surface area contributed by atoms with Crippen LogP contribution in [-0.4, -0.2) is 152 Å². The van der Waals surface area contributed by atoms with E-state index in [0.29, 0.717) is 63.4 Å². The number of carbonyl (C=O) groups is 6. The van der Waals surface area contributed by atoms with E-state index in [0.717, 1.165) is 22.0 Å². The van der Waals surface area contributed by atoms with Crippen molar-refractivity contribution in [1.29, 1.82) is 0 Å². The number of benzene rings is 1. The molecule has 1 saturated carbocycles. The summed E-state index contributed by atoms with van der Waals surface area (Å²) in [5.74, 6) is -8.47. The third-order valence-corrected chi connectivity index (χ3v) is 16.5. The number of carbonyl (C=O) groups excluding carboxylic acids is 6. The van der Waals surface area contributed by atoms with Crippen LogP contribution in [0.2, 0.25) is 0 Å². The number of cyclic esters (lactones) is 1. The molecule has 2 bridgehead atoms. The number of ether oxygens (including phenoxy) is 6. The normalized spacial score (nSPS) is 34.1. The highest BCUT2D eigenvalue weighted by atomic mass is 16.7. The van der Waals surface area contributed by atoms with Crippen LogP contribution in [0.25, 0.3) is 10.9 Å². The van der Waals surface area contributed by atoms with E-state index in [-0.39, 0.29) is 62.5 Å². The second kappa shape index (κ2) is 26.1. The number of aromatic amines is 1. The van der Waals surface area contributed by atoms with Crippen LogP contribution < -0.4 is 11.1 Å². The number of para-hydroxylation sites is 1. The van der Waals surface area contributed by atoms with Gasteiger partial charge in [0.25, 0.3) is 11.7 Å². The van der Waals surface area contributed by atoms with Gasteiger partial charge in [0.2, 0.25) is 17.4 Å². The molecule has 17 nitrogen and oxygen atoms in total. The van der Waals surface area contributed by atoms with Gasteiger partial charge in [-0.25, -0.2) is 4.79 Å². The maximum atomic E-state index is 14.8. The van der Waals surface area contributed by atoms with Gasteiger partial charge in [0, 0.05) is 75.9 Å². The number of nitrogens with two attached hydrogens (primary N) is 1. The number of piperidine rings is 1. The quantitative estimate of drug-likeness (QED) is 0.0957. The van der Waals surface area contributed by atoms with Gasteiger partial charge in [0.15, 0.2) is 0 Å². The minimum Gasteiger partial charge on any atom is -0.456 e. The second-order valence-corrected chi connectivity index (χ2v) is 21.9. The Morgan fingerprint density at radius 3 is 2.34 bits per heavy atom. The number of fused-ring (bicyclic) bond motifs is 4. The number of rotatable bonds is 14. The van der Waals surface area contributed by atoms with Crippen molar-refractivity contribution in [1.82, 2.24) is 15.2 Å². The van der Waals surface area contributed by atoms with Crippen LogP contribution in [0.4, 0.5) is 0 Å². The van der Waals surface area contributed by atoms with Crippen molar-refractivity contribution in [3.05, 3.63) is 59.3 Å². The Hall–Kier alpha value is -4.46. The van der Waals surface area contributed by atoms with Gasteiger partial charge < -0.3 is 54.5 Å². The molecule has 1 amide bonds. The molecular weight excluding hydrogens is 949 g/mol. The summed E-state index contributed by atoms with van der Waals surface area (Å²) in [6.07, 6.45) is 7.23. The van der Waals surface area contributed by atoms with E-state index in [9.17, 15) is 33.9 Å². The number of nitrogens with zero attached hydrogens (tertiary/aromatic N) is 1.